The minimum atomic E-state index is -3.58. The first-order chi connectivity index (χ1) is 10.4. The van der Waals surface area contributed by atoms with Gasteiger partial charge in [0.25, 0.3) is 0 Å². The third-order valence-electron chi connectivity index (χ3n) is 3.04. The van der Waals surface area contributed by atoms with E-state index in [0.717, 1.165) is 5.56 Å². The highest BCUT2D eigenvalue weighted by atomic mass is 32.2. The molecule has 0 radical (unpaired) electrons. The van der Waals surface area contributed by atoms with Crippen molar-refractivity contribution in [3.05, 3.63) is 36.4 Å². The number of aryl methyl sites for hydroxylation is 1. The molecule has 2 rings (SSSR count). The Morgan fingerprint density at radius 2 is 2.18 bits per heavy atom. The molecule has 1 aromatic heterocycles. The zero-order valence-corrected chi connectivity index (χ0v) is 13.7. The first kappa shape index (κ1) is 16.4. The zero-order chi connectivity index (χ0) is 16.2. The summed E-state index contributed by atoms with van der Waals surface area (Å²) in [4.78, 5) is 4.05. The van der Waals surface area contributed by atoms with Gasteiger partial charge >= 0.3 is 0 Å². The van der Waals surface area contributed by atoms with Gasteiger partial charge in [0.2, 0.25) is 10.0 Å². The Kier molecular flexibility index (Phi) is 5.15. The molecule has 1 heterocycles. The van der Waals surface area contributed by atoms with Gasteiger partial charge in [-0.05, 0) is 44.5 Å². The van der Waals surface area contributed by atoms with Gasteiger partial charge in [-0.25, -0.2) is 18.1 Å². The van der Waals surface area contributed by atoms with Crippen LogP contribution in [0.3, 0.4) is 0 Å². The standard InChI is InChI=1S/C14H20N4O3S/c1-4-21-14-6-5-13(7-11(14)2)22(19,20)17-12(3)8-18-10-15-9-16-18/h5-7,9-10,12,17H,4,8H2,1-3H3/t12-/m0/s1. The number of sulfonamides is 1. The lowest BCUT2D eigenvalue weighted by atomic mass is 10.2. The Morgan fingerprint density at radius 1 is 1.41 bits per heavy atom. The first-order valence-corrected chi connectivity index (χ1v) is 8.49. The van der Waals surface area contributed by atoms with Gasteiger partial charge in [0.15, 0.2) is 0 Å². The van der Waals surface area contributed by atoms with Crippen molar-refractivity contribution in [1.29, 1.82) is 0 Å². The molecule has 0 amide bonds. The SMILES string of the molecule is CCOc1ccc(S(=O)(=O)N[C@@H](C)Cn2cncn2)cc1C. The normalized spacial score (nSPS) is 13.0. The average molecular weight is 324 g/mol. The molecular formula is C14H20N4O3S. The highest BCUT2D eigenvalue weighted by Gasteiger charge is 2.18. The van der Waals surface area contributed by atoms with Crippen molar-refractivity contribution in [3.8, 4) is 5.75 Å². The topological polar surface area (TPSA) is 86.1 Å². The number of ether oxygens (including phenoxy) is 1. The van der Waals surface area contributed by atoms with E-state index in [0.29, 0.717) is 18.9 Å². The third kappa shape index (κ3) is 4.05. The molecule has 2 aromatic rings. The Bertz CT molecular complexity index is 714. The summed E-state index contributed by atoms with van der Waals surface area (Å²) in [6.07, 6.45) is 2.96. The second kappa shape index (κ2) is 6.89. The van der Waals surface area contributed by atoms with Crippen molar-refractivity contribution < 1.29 is 13.2 Å². The molecule has 120 valence electrons. The predicted molar refractivity (Wildman–Crippen MR) is 82.2 cm³/mol. The molecule has 0 bridgehead atoms. The summed E-state index contributed by atoms with van der Waals surface area (Å²) < 4.78 is 34.4. The van der Waals surface area contributed by atoms with Gasteiger partial charge in [-0.3, -0.25) is 4.68 Å². The van der Waals surface area contributed by atoms with E-state index in [9.17, 15) is 8.42 Å². The van der Waals surface area contributed by atoms with Crippen LogP contribution in [0.25, 0.3) is 0 Å². The number of benzene rings is 1. The number of hydrogen-bond acceptors (Lipinski definition) is 5. The van der Waals surface area contributed by atoms with Crippen LogP contribution in [0.15, 0.2) is 35.7 Å². The number of hydrogen-bond donors (Lipinski definition) is 1. The third-order valence-corrected chi connectivity index (χ3v) is 4.63. The molecule has 0 saturated heterocycles. The Morgan fingerprint density at radius 3 is 2.77 bits per heavy atom. The minimum Gasteiger partial charge on any atom is -0.494 e. The molecule has 0 aliphatic carbocycles. The van der Waals surface area contributed by atoms with Crippen LogP contribution < -0.4 is 9.46 Å². The van der Waals surface area contributed by atoms with Gasteiger partial charge in [0, 0.05) is 6.04 Å². The van der Waals surface area contributed by atoms with Gasteiger partial charge in [0.1, 0.15) is 18.4 Å². The van der Waals surface area contributed by atoms with Crippen LogP contribution in [-0.2, 0) is 16.6 Å². The van der Waals surface area contributed by atoms with Crippen LogP contribution in [0.4, 0.5) is 0 Å². The Hall–Kier alpha value is -1.93. The smallest absolute Gasteiger partial charge is 0.240 e. The molecule has 0 aliphatic rings. The lowest BCUT2D eigenvalue weighted by Gasteiger charge is -2.15. The largest absolute Gasteiger partial charge is 0.494 e. The lowest BCUT2D eigenvalue weighted by Crippen LogP contribution is -2.35. The Balaban J connectivity index is 2.11. The molecule has 0 saturated carbocycles. The minimum absolute atomic E-state index is 0.221. The van der Waals surface area contributed by atoms with Crippen molar-refractivity contribution in [2.45, 2.75) is 38.3 Å². The molecule has 0 aliphatic heterocycles. The lowest BCUT2D eigenvalue weighted by molar-refractivity contribution is 0.337. The fourth-order valence-corrected chi connectivity index (χ4v) is 3.40. The molecule has 1 atom stereocenters. The molecule has 0 fully saturated rings. The van der Waals surface area contributed by atoms with E-state index in [4.69, 9.17) is 4.74 Å². The van der Waals surface area contributed by atoms with E-state index in [1.54, 1.807) is 36.1 Å². The van der Waals surface area contributed by atoms with E-state index in [-0.39, 0.29) is 10.9 Å². The van der Waals surface area contributed by atoms with Gasteiger partial charge in [0.05, 0.1) is 18.0 Å². The van der Waals surface area contributed by atoms with Crippen molar-refractivity contribution in [2.24, 2.45) is 0 Å². The van der Waals surface area contributed by atoms with Gasteiger partial charge in [-0.2, -0.15) is 5.10 Å². The summed E-state index contributed by atoms with van der Waals surface area (Å²) in [6.45, 7) is 6.44. The van der Waals surface area contributed by atoms with Crippen LogP contribution in [0.2, 0.25) is 0 Å². The number of aromatic nitrogens is 3. The van der Waals surface area contributed by atoms with Crippen molar-refractivity contribution >= 4 is 10.0 Å². The number of nitrogens with zero attached hydrogens (tertiary/aromatic N) is 3. The van der Waals surface area contributed by atoms with Gasteiger partial charge in [-0.15, -0.1) is 0 Å². The fourth-order valence-electron chi connectivity index (χ4n) is 2.08. The summed E-state index contributed by atoms with van der Waals surface area (Å²) in [5, 5.41) is 3.96. The molecule has 7 nitrogen and oxygen atoms in total. The molecule has 1 N–H and O–H groups in total. The van der Waals surface area contributed by atoms with E-state index in [1.165, 1.54) is 6.33 Å². The average Bonchev–Trinajstić information content (AvgIpc) is 2.93. The zero-order valence-electron chi connectivity index (χ0n) is 12.9. The molecule has 1 aromatic carbocycles. The molecule has 8 heteroatoms. The van der Waals surface area contributed by atoms with Crippen molar-refractivity contribution in [2.75, 3.05) is 6.61 Å². The van der Waals surface area contributed by atoms with Crippen molar-refractivity contribution in [3.63, 3.8) is 0 Å². The summed E-state index contributed by atoms with van der Waals surface area (Å²) >= 11 is 0. The highest BCUT2D eigenvalue weighted by Crippen LogP contribution is 2.21. The number of nitrogens with one attached hydrogen (secondary N) is 1. The molecule has 0 spiro atoms. The molecular weight excluding hydrogens is 304 g/mol. The summed E-state index contributed by atoms with van der Waals surface area (Å²) in [5.74, 6) is 0.692. The predicted octanol–water partition coefficient (Wildman–Crippen LogP) is 1.35. The second-order valence-corrected chi connectivity index (χ2v) is 6.71. The van der Waals surface area contributed by atoms with E-state index in [1.807, 2.05) is 13.8 Å². The van der Waals surface area contributed by atoms with Crippen LogP contribution >= 0.6 is 0 Å². The van der Waals surface area contributed by atoms with E-state index in [2.05, 4.69) is 14.8 Å². The summed E-state index contributed by atoms with van der Waals surface area (Å²) in [7, 11) is -3.58. The molecule has 22 heavy (non-hydrogen) atoms. The monoisotopic (exact) mass is 324 g/mol. The Labute approximate surface area is 130 Å². The molecule has 0 unspecified atom stereocenters. The first-order valence-electron chi connectivity index (χ1n) is 7.00. The second-order valence-electron chi connectivity index (χ2n) is 5.00. The summed E-state index contributed by atoms with van der Waals surface area (Å²) in [5.41, 5.74) is 0.786. The van der Waals surface area contributed by atoms with Crippen LogP contribution in [-0.4, -0.2) is 35.8 Å². The van der Waals surface area contributed by atoms with Crippen LogP contribution in [0, 0.1) is 6.92 Å². The van der Waals surface area contributed by atoms with E-state index >= 15 is 0 Å². The van der Waals surface area contributed by atoms with Crippen LogP contribution in [0.1, 0.15) is 19.4 Å². The maximum absolute atomic E-state index is 12.4. The van der Waals surface area contributed by atoms with Crippen molar-refractivity contribution in [1.82, 2.24) is 19.5 Å². The number of rotatable bonds is 7. The quantitative estimate of drug-likeness (QED) is 0.831. The highest BCUT2D eigenvalue weighted by molar-refractivity contribution is 7.89. The van der Waals surface area contributed by atoms with Crippen LogP contribution in [0.5, 0.6) is 5.75 Å². The maximum atomic E-state index is 12.4. The van der Waals surface area contributed by atoms with E-state index < -0.39 is 10.0 Å². The summed E-state index contributed by atoms with van der Waals surface area (Å²) in [6, 6.07) is 4.52. The van der Waals surface area contributed by atoms with Gasteiger partial charge < -0.3 is 4.74 Å². The maximum Gasteiger partial charge on any atom is 0.240 e. The van der Waals surface area contributed by atoms with Gasteiger partial charge in [-0.1, -0.05) is 0 Å². The fraction of sp³-hybridized carbons (Fsp3) is 0.429.